The largest absolute Gasteiger partial charge is 0.315 e. The highest BCUT2D eigenvalue weighted by Crippen LogP contribution is 2.25. The van der Waals surface area contributed by atoms with Crippen LogP contribution in [-0.4, -0.2) is 13.4 Å². The van der Waals surface area contributed by atoms with E-state index in [1.54, 1.807) is 6.07 Å². The van der Waals surface area contributed by atoms with Crippen LogP contribution in [0.2, 0.25) is 0 Å². The summed E-state index contributed by atoms with van der Waals surface area (Å²) in [6.07, 6.45) is 0. The van der Waals surface area contributed by atoms with Crippen molar-refractivity contribution in [3.63, 3.8) is 0 Å². The summed E-state index contributed by atoms with van der Waals surface area (Å²) in [4.78, 5) is 13.2. The van der Waals surface area contributed by atoms with Crippen LogP contribution in [0.3, 0.4) is 0 Å². The number of halogens is 1. The molecule has 1 aromatic heterocycles. The molecule has 0 fully saturated rings. The summed E-state index contributed by atoms with van der Waals surface area (Å²) in [5.41, 5.74) is 0.613. The third-order valence-corrected chi connectivity index (χ3v) is 5.84. The molecule has 2 aromatic rings. The first-order chi connectivity index (χ1) is 9.33. The smallest absolute Gasteiger partial charge is 0.306 e. The lowest BCUT2D eigenvalue weighted by Crippen LogP contribution is -2.13. The lowest BCUT2D eigenvalue weighted by Gasteiger charge is -2.08. The van der Waals surface area contributed by atoms with Crippen LogP contribution >= 0.6 is 27.3 Å². The number of anilines is 1. The van der Waals surface area contributed by atoms with E-state index in [2.05, 4.69) is 25.6 Å². The van der Waals surface area contributed by atoms with E-state index in [-0.39, 0.29) is 21.2 Å². The first-order valence-electron chi connectivity index (χ1n) is 5.25. The van der Waals surface area contributed by atoms with E-state index in [9.17, 15) is 13.2 Å². The van der Waals surface area contributed by atoms with E-state index in [0.717, 1.165) is 0 Å². The summed E-state index contributed by atoms with van der Waals surface area (Å²) in [5, 5.41) is 9.01. The molecule has 2 N–H and O–H groups in total. The summed E-state index contributed by atoms with van der Waals surface area (Å²) < 4.78 is 27.3. The van der Waals surface area contributed by atoms with Crippen molar-refractivity contribution < 1.29 is 8.42 Å². The zero-order chi connectivity index (χ0) is 14.9. The number of hydrogen-bond acceptors (Lipinski definition) is 5. The highest BCUT2D eigenvalue weighted by molar-refractivity contribution is 9.10. The molecule has 104 valence electrons. The van der Waals surface area contributed by atoms with E-state index in [1.807, 2.05) is 6.07 Å². The Labute approximate surface area is 127 Å². The Balaban J connectivity index is 2.47. The highest BCUT2D eigenvalue weighted by Gasteiger charge is 2.21. The van der Waals surface area contributed by atoms with Gasteiger partial charge in [-0.3, -0.25) is 9.52 Å². The average Bonchev–Trinajstić information content (AvgIpc) is 2.71. The number of rotatable bonds is 3. The van der Waals surface area contributed by atoms with Crippen molar-refractivity contribution in [2.45, 2.75) is 11.1 Å². The van der Waals surface area contributed by atoms with E-state index in [1.165, 1.54) is 19.1 Å². The van der Waals surface area contributed by atoms with Gasteiger partial charge in [-0.1, -0.05) is 27.3 Å². The number of thiazole rings is 1. The van der Waals surface area contributed by atoms with Gasteiger partial charge in [0.1, 0.15) is 6.07 Å². The minimum atomic E-state index is -3.90. The van der Waals surface area contributed by atoms with Crippen LogP contribution in [0.25, 0.3) is 0 Å². The van der Waals surface area contributed by atoms with Crippen molar-refractivity contribution in [1.29, 1.82) is 5.26 Å². The number of hydrogen-bond donors (Lipinski definition) is 2. The molecule has 0 aliphatic rings. The number of aromatic nitrogens is 1. The van der Waals surface area contributed by atoms with E-state index in [4.69, 9.17) is 5.26 Å². The summed E-state index contributed by atoms with van der Waals surface area (Å²) in [6.45, 7) is 1.50. The Kier molecular flexibility index (Phi) is 3.99. The second-order valence-electron chi connectivity index (χ2n) is 3.83. The Morgan fingerprint density at radius 2 is 2.15 bits per heavy atom. The van der Waals surface area contributed by atoms with Gasteiger partial charge in [0.25, 0.3) is 10.0 Å². The molecule has 0 bridgehead atoms. The predicted molar refractivity (Wildman–Crippen MR) is 79.3 cm³/mol. The molecule has 20 heavy (non-hydrogen) atoms. The number of sulfonamides is 1. The summed E-state index contributed by atoms with van der Waals surface area (Å²) in [5.74, 6) is 0. The van der Waals surface area contributed by atoms with Crippen molar-refractivity contribution in [3.8, 4) is 6.07 Å². The van der Waals surface area contributed by atoms with Crippen LogP contribution in [0.5, 0.6) is 0 Å². The van der Waals surface area contributed by atoms with E-state index >= 15 is 0 Å². The predicted octanol–water partition coefficient (Wildman–Crippen LogP) is 2.18. The Bertz CT molecular complexity index is 862. The van der Waals surface area contributed by atoms with Crippen LogP contribution in [0.15, 0.2) is 31.7 Å². The normalized spacial score (nSPS) is 11.1. The van der Waals surface area contributed by atoms with Crippen LogP contribution in [0.4, 0.5) is 5.69 Å². The number of nitrogens with zero attached hydrogens (tertiary/aromatic N) is 1. The van der Waals surface area contributed by atoms with Gasteiger partial charge in [-0.05, 0) is 25.1 Å². The fourth-order valence-corrected chi connectivity index (χ4v) is 4.28. The molecule has 0 amide bonds. The number of aromatic amines is 1. The van der Waals surface area contributed by atoms with Crippen molar-refractivity contribution in [2.24, 2.45) is 0 Å². The molecule has 2 rings (SSSR count). The summed E-state index contributed by atoms with van der Waals surface area (Å²) in [7, 11) is -3.90. The molecule has 1 aromatic carbocycles. The monoisotopic (exact) mass is 373 g/mol. The first kappa shape index (κ1) is 14.8. The number of benzene rings is 1. The maximum Gasteiger partial charge on any atom is 0.306 e. The van der Waals surface area contributed by atoms with Gasteiger partial charge in [0.05, 0.1) is 11.3 Å². The molecule has 0 aliphatic heterocycles. The lowest BCUT2D eigenvalue weighted by atomic mass is 10.2. The minimum absolute atomic E-state index is 0.0886. The topological polar surface area (TPSA) is 103 Å². The van der Waals surface area contributed by atoms with Gasteiger partial charge >= 0.3 is 4.87 Å². The number of nitrogens with one attached hydrogen (secondary N) is 2. The van der Waals surface area contributed by atoms with Crippen LogP contribution in [0, 0.1) is 18.3 Å². The molecular formula is C11H8BrN3O3S2. The quantitative estimate of drug-likeness (QED) is 0.860. The SMILES string of the molecule is Cc1[nH]c(=O)sc1S(=O)(=O)Nc1ccc(Br)cc1C#N. The molecular weight excluding hydrogens is 366 g/mol. The highest BCUT2D eigenvalue weighted by atomic mass is 79.9. The fraction of sp³-hybridized carbons (Fsp3) is 0.0909. The van der Waals surface area contributed by atoms with Crippen LogP contribution in [-0.2, 0) is 10.0 Å². The third kappa shape index (κ3) is 2.92. The second kappa shape index (κ2) is 5.40. The van der Waals surface area contributed by atoms with Gasteiger partial charge in [0.15, 0.2) is 4.21 Å². The molecule has 0 spiro atoms. The molecule has 0 radical (unpaired) electrons. The zero-order valence-electron chi connectivity index (χ0n) is 10.1. The fourth-order valence-electron chi connectivity index (χ4n) is 1.54. The molecule has 0 aliphatic carbocycles. The standard InChI is InChI=1S/C11H8BrN3O3S2/c1-6-10(19-11(16)14-6)20(17,18)15-9-3-2-8(12)4-7(9)5-13/h2-4,15H,1H3,(H,14,16). The van der Waals surface area contributed by atoms with E-state index < -0.39 is 14.9 Å². The third-order valence-electron chi connectivity index (χ3n) is 2.37. The Morgan fingerprint density at radius 3 is 2.70 bits per heavy atom. The molecule has 0 atom stereocenters. The molecule has 0 saturated carbocycles. The Hall–Kier alpha value is -1.63. The number of nitriles is 1. The van der Waals surface area contributed by atoms with Gasteiger partial charge < -0.3 is 4.98 Å². The van der Waals surface area contributed by atoms with Crippen molar-refractivity contribution >= 4 is 43.0 Å². The molecule has 9 heteroatoms. The minimum Gasteiger partial charge on any atom is -0.315 e. The second-order valence-corrected chi connectivity index (χ2v) is 7.61. The number of H-pyrrole nitrogens is 1. The lowest BCUT2D eigenvalue weighted by molar-refractivity contribution is 0.602. The summed E-state index contributed by atoms with van der Waals surface area (Å²) >= 11 is 3.81. The van der Waals surface area contributed by atoms with E-state index in [0.29, 0.717) is 15.8 Å². The van der Waals surface area contributed by atoms with Gasteiger partial charge in [0.2, 0.25) is 0 Å². The maximum atomic E-state index is 12.2. The molecule has 0 unspecified atom stereocenters. The van der Waals surface area contributed by atoms with Gasteiger partial charge in [-0.25, -0.2) is 8.42 Å². The van der Waals surface area contributed by atoms with Gasteiger partial charge in [-0.15, -0.1) is 0 Å². The van der Waals surface area contributed by atoms with Gasteiger partial charge in [0, 0.05) is 10.2 Å². The summed E-state index contributed by atoms with van der Waals surface area (Å²) in [6, 6.07) is 6.50. The van der Waals surface area contributed by atoms with Crippen molar-refractivity contribution in [1.82, 2.24) is 4.98 Å². The first-order valence-corrected chi connectivity index (χ1v) is 8.35. The van der Waals surface area contributed by atoms with Gasteiger partial charge in [-0.2, -0.15) is 5.26 Å². The molecule has 0 saturated heterocycles. The van der Waals surface area contributed by atoms with Crippen LogP contribution < -0.4 is 9.60 Å². The zero-order valence-corrected chi connectivity index (χ0v) is 13.3. The average molecular weight is 374 g/mol. The molecule has 1 heterocycles. The number of aryl methyl sites for hydroxylation is 1. The van der Waals surface area contributed by atoms with Crippen molar-refractivity contribution in [2.75, 3.05) is 4.72 Å². The molecule has 6 nitrogen and oxygen atoms in total. The maximum absolute atomic E-state index is 12.2. The van der Waals surface area contributed by atoms with Crippen LogP contribution in [0.1, 0.15) is 11.3 Å². The Morgan fingerprint density at radius 1 is 1.45 bits per heavy atom. The van der Waals surface area contributed by atoms with Crippen molar-refractivity contribution in [3.05, 3.63) is 43.6 Å².